The number of rotatable bonds is 3. The second kappa shape index (κ2) is 6.18. The van der Waals surface area contributed by atoms with Crippen LogP contribution in [0.25, 0.3) is 0 Å². The molecule has 0 fully saturated rings. The summed E-state index contributed by atoms with van der Waals surface area (Å²) in [4.78, 5) is 13.4. The summed E-state index contributed by atoms with van der Waals surface area (Å²) in [5.74, 6) is 1.05. The van der Waals surface area contributed by atoms with E-state index < -0.39 is 0 Å². The standard InChI is InChI=1S/C14H17N3O3/c1-4-19-14(16-15-2)10-5-6-12-11(9-10)17(3)13(18)7-8-20-12/h5-6,9H,2,4,7-8H2,1,3H3/b16-14-. The Morgan fingerprint density at radius 3 is 3.05 bits per heavy atom. The molecule has 6 heteroatoms. The van der Waals surface area contributed by atoms with Crippen molar-refractivity contribution in [3.63, 3.8) is 0 Å². The highest BCUT2D eigenvalue weighted by molar-refractivity contribution is 5.99. The fourth-order valence-electron chi connectivity index (χ4n) is 1.96. The zero-order valence-electron chi connectivity index (χ0n) is 11.6. The third-order valence-electron chi connectivity index (χ3n) is 2.96. The van der Waals surface area contributed by atoms with Crippen LogP contribution < -0.4 is 9.64 Å². The molecule has 0 atom stereocenters. The SMILES string of the molecule is C=N/N=C(\OCC)c1ccc2c(c1)N(C)C(=O)CCO2. The number of ether oxygens (including phenoxy) is 2. The van der Waals surface area contributed by atoms with Gasteiger partial charge in [-0.3, -0.25) is 4.79 Å². The number of hydrogen-bond donors (Lipinski definition) is 0. The lowest BCUT2D eigenvalue weighted by molar-refractivity contribution is -0.118. The highest BCUT2D eigenvalue weighted by atomic mass is 16.5. The Balaban J connectivity index is 2.44. The molecule has 20 heavy (non-hydrogen) atoms. The van der Waals surface area contributed by atoms with Crippen molar-refractivity contribution in [1.29, 1.82) is 0 Å². The van der Waals surface area contributed by atoms with E-state index >= 15 is 0 Å². The first-order valence-corrected chi connectivity index (χ1v) is 6.37. The number of nitrogens with zero attached hydrogens (tertiary/aromatic N) is 3. The van der Waals surface area contributed by atoms with Gasteiger partial charge in [0.15, 0.2) is 0 Å². The normalized spacial score (nSPS) is 15.2. The molecule has 0 aromatic heterocycles. The number of hydrogen-bond acceptors (Lipinski definition) is 5. The van der Waals surface area contributed by atoms with Crippen LogP contribution in [0.15, 0.2) is 28.4 Å². The lowest BCUT2D eigenvalue weighted by Crippen LogP contribution is -2.25. The van der Waals surface area contributed by atoms with Crippen molar-refractivity contribution in [3.8, 4) is 5.75 Å². The molecule has 1 aliphatic rings. The number of carbonyl (C=O) groups is 1. The molecule has 0 spiro atoms. The molecule has 1 aliphatic heterocycles. The largest absolute Gasteiger partial charge is 0.491 e. The third-order valence-corrected chi connectivity index (χ3v) is 2.96. The van der Waals surface area contributed by atoms with Gasteiger partial charge in [-0.1, -0.05) is 0 Å². The van der Waals surface area contributed by atoms with Crippen molar-refractivity contribution in [2.24, 2.45) is 10.2 Å². The Morgan fingerprint density at radius 2 is 2.35 bits per heavy atom. The second-order valence-electron chi connectivity index (χ2n) is 4.21. The molecule has 0 saturated heterocycles. The highest BCUT2D eigenvalue weighted by Gasteiger charge is 2.21. The average molecular weight is 275 g/mol. The molecule has 0 aliphatic carbocycles. The lowest BCUT2D eigenvalue weighted by atomic mass is 10.1. The number of benzene rings is 1. The average Bonchev–Trinajstić information content (AvgIpc) is 2.59. The molecule has 1 heterocycles. The molecule has 1 aromatic carbocycles. The van der Waals surface area contributed by atoms with Gasteiger partial charge in [0.2, 0.25) is 11.8 Å². The van der Waals surface area contributed by atoms with Crippen LogP contribution in [0, 0.1) is 0 Å². The van der Waals surface area contributed by atoms with Crippen molar-refractivity contribution in [3.05, 3.63) is 23.8 Å². The van der Waals surface area contributed by atoms with Crippen LogP contribution in [-0.4, -0.2) is 38.8 Å². The van der Waals surface area contributed by atoms with Crippen LogP contribution in [0.1, 0.15) is 18.9 Å². The molecule has 0 radical (unpaired) electrons. The molecule has 1 aromatic rings. The van der Waals surface area contributed by atoms with Gasteiger partial charge in [-0.2, -0.15) is 5.10 Å². The minimum atomic E-state index is 0.0117. The van der Waals surface area contributed by atoms with Crippen molar-refractivity contribution in [1.82, 2.24) is 0 Å². The molecular weight excluding hydrogens is 258 g/mol. The zero-order chi connectivity index (χ0) is 14.5. The predicted octanol–water partition coefficient (Wildman–Crippen LogP) is 1.83. The van der Waals surface area contributed by atoms with Crippen molar-refractivity contribution in [2.45, 2.75) is 13.3 Å². The molecule has 0 unspecified atom stereocenters. The van der Waals surface area contributed by atoms with Gasteiger partial charge in [-0.25, -0.2) is 0 Å². The van der Waals surface area contributed by atoms with Crippen molar-refractivity contribution in [2.75, 3.05) is 25.2 Å². The van der Waals surface area contributed by atoms with Gasteiger partial charge >= 0.3 is 0 Å². The fourth-order valence-corrected chi connectivity index (χ4v) is 1.96. The Morgan fingerprint density at radius 1 is 1.55 bits per heavy atom. The molecule has 0 N–H and O–H groups in total. The Kier molecular flexibility index (Phi) is 4.34. The molecule has 106 valence electrons. The summed E-state index contributed by atoms with van der Waals surface area (Å²) in [6.07, 6.45) is 0.362. The molecule has 0 saturated carbocycles. The third kappa shape index (κ3) is 2.79. The quantitative estimate of drug-likeness (QED) is 0.480. The molecule has 1 amide bonds. The van der Waals surface area contributed by atoms with Gasteiger partial charge in [0.25, 0.3) is 0 Å². The van der Waals surface area contributed by atoms with Crippen LogP contribution in [0.2, 0.25) is 0 Å². The van der Waals surface area contributed by atoms with E-state index in [1.54, 1.807) is 24.1 Å². The summed E-state index contributed by atoms with van der Waals surface area (Å²) < 4.78 is 11.0. The summed E-state index contributed by atoms with van der Waals surface area (Å²) >= 11 is 0. The van der Waals surface area contributed by atoms with E-state index in [-0.39, 0.29) is 5.91 Å². The summed E-state index contributed by atoms with van der Waals surface area (Å²) in [7, 11) is 1.73. The summed E-state index contributed by atoms with van der Waals surface area (Å²) in [5, 5.41) is 7.36. The maximum atomic E-state index is 11.9. The van der Waals surface area contributed by atoms with Gasteiger partial charge in [-0.15, -0.1) is 5.10 Å². The number of carbonyl (C=O) groups excluding carboxylic acids is 1. The monoisotopic (exact) mass is 275 g/mol. The summed E-state index contributed by atoms with van der Waals surface area (Å²) in [5.41, 5.74) is 1.42. The smallest absolute Gasteiger partial charge is 0.240 e. The van der Waals surface area contributed by atoms with E-state index in [9.17, 15) is 4.79 Å². The lowest BCUT2D eigenvalue weighted by Gasteiger charge is -2.17. The minimum absolute atomic E-state index is 0.0117. The van der Waals surface area contributed by atoms with Crippen molar-refractivity contribution >= 4 is 24.2 Å². The molecule has 0 bridgehead atoms. The summed E-state index contributed by atoms with van der Waals surface area (Å²) in [6, 6.07) is 5.43. The Hall–Kier alpha value is -2.37. The first-order chi connectivity index (χ1) is 9.67. The van der Waals surface area contributed by atoms with Gasteiger partial charge in [0, 0.05) is 19.3 Å². The van der Waals surface area contributed by atoms with Crippen LogP contribution in [0.4, 0.5) is 5.69 Å². The van der Waals surface area contributed by atoms with Gasteiger partial charge < -0.3 is 14.4 Å². The molecular formula is C14H17N3O3. The fraction of sp³-hybridized carbons (Fsp3) is 0.357. The number of fused-ring (bicyclic) bond motifs is 1. The highest BCUT2D eigenvalue weighted by Crippen LogP contribution is 2.31. The van der Waals surface area contributed by atoms with Crippen LogP contribution in [0.5, 0.6) is 5.75 Å². The minimum Gasteiger partial charge on any atom is -0.491 e. The van der Waals surface area contributed by atoms with Gasteiger partial charge in [-0.05, 0) is 25.1 Å². The van der Waals surface area contributed by atoms with E-state index in [1.165, 1.54) is 0 Å². The van der Waals surface area contributed by atoms with Gasteiger partial charge in [0.05, 0.1) is 25.3 Å². The van der Waals surface area contributed by atoms with Gasteiger partial charge in [0.1, 0.15) is 5.75 Å². The first-order valence-electron chi connectivity index (χ1n) is 6.37. The predicted molar refractivity (Wildman–Crippen MR) is 77.7 cm³/mol. The van der Waals surface area contributed by atoms with E-state index in [4.69, 9.17) is 9.47 Å². The number of amides is 1. The Bertz CT molecular complexity index is 555. The molecule has 2 rings (SSSR count). The summed E-state index contributed by atoms with van der Waals surface area (Å²) in [6.45, 7) is 6.05. The maximum Gasteiger partial charge on any atom is 0.240 e. The first kappa shape index (κ1) is 14.0. The van der Waals surface area contributed by atoms with Crippen LogP contribution in [0.3, 0.4) is 0 Å². The number of anilines is 1. The van der Waals surface area contributed by atoms with E-state index in [0.717, 1.165) is 5.56 Å². The molecule has 6 nitrogen and oxygen atoms in total. The van der Waals surface area contributed by atoms with E-state index in [1.807, 2.05) is 13.0 Å². The van der Waals surface area contributed by atoms with Crippen LogP contribution >= 0.6 is 0 Å². The van der Waals surface area contributed by atoms with E-state index in [2.05, 4.69) is 16.9 Å². The van der Waals surface area contributed by atoms with Crippen LogP contribution in [-0.2, 0) is 9.53 Å². The second-order valence-corrected chi connectivity index (χ2v) is 4.21. The Labute approximate surface area is 117 Å². The van der Waals surface area contributed by atoms with Crippen molar-refractivity contribution < 1.29 is 14.3 Å². The van der Waals surface area contributed by atoms with E-state index in [0.29, 0.717) is 37.0 Å². The zero-order valence-corrected chi connectivity index (χ0v) is 11.6. The topological polar surface area (TPSA) is 63.5 Å². The maximum absolute atomic E-state index is 11.9.